The van der Waals surface area contributed by atoms with Crippen LogP contribution in [0.15, 0.2) is 18.2 Å². The molecule has 36 heavy (non-hydrogen) atoms. The molecule has 0 bridgehead atoms. The molecule has 0 spiro atoms. The van der Waals surface area contributed by atoms with Gasteiger partial charge in [0.1, 0.15) is 18.5 Å². The van der Waals surface area contributed by atoms with Crippen LogP contribution in [0.5, 0.6) is 5.75 Å². The second-order valence-electron chi connectivity index (χ2n) is 11.5. The van der Waals surface area contributed by atoms with E-state index in [4.69, 9.17) is 24.4 Å². The van der Waals surface area contributed by atoms with E-state index in [1.54, 1.807) is 0 Å². The zero-order chi connectivity index (χ0) is 26.5. The van der Waals surface area contributed by atoms with Crippen LogP contribution >= 0.6 is 0 Å². The lowest BCUT2D eigenvalue weighted by Gasteiger charge is -2.35. The molecule has 1 aromatic carbocycles. The molecule has 0 aromatic heterocycles. The SMILES string of the molecule is CC(C)CC(C)(C)[C@H](O)CC[C@@H]1[C@H]2Cc3cccc(OCC(=O)O)c3C[C@H]2C[C@H]1OC(=O)OCCO. The van der Waals surface area contributed by atoms with Gasteiger partial charge in [-0.05, 0) is 84.8 Å². The van der Waals surface area contributed by atoms with Gasteiger partial charge in [0.25, 0.3) is 0 Å². The summed E-state index contributed by atoms with van der Waals surface area (Å²) in [5.41, 5.74) is 1.95. The molecule has 0 unspecified atom stereocenters. The Morgan fingerprint density at radius 3 is 2.61 bits per heavy atom. The number of carbonyl (C=O) groups excluding carboxylic acids is 1. The molecule has 1 aromatic rings. The van der Waals surface area contributed by atoms with Gasteiger partial charge < -0.3 is 29.5 Å². The summed E-state index contributed by atoms with van der Waals surface area (Å²) in [6, 6.07) is 5.75. The fourth-order valence-electron chi connectivity index (χ4n) is 6.40. The third kappa shape index (κ3) is 7.13. The van der Waals surface area contributed by atoms with Crippen molar-refractivity contribution in [3.63, 3.8) is 0 Å². The molecule has 3 rings (SSSR count). The molecular formula is C28H42O8. The summed E-state index contributed by atoms with van der Waals surface area (Å²) in [6.07, 6.45) is 2.86. The highest BCUT2D eigenvalue weighted by atomic mass is 16.7. The van der Waals surface area contributed by atoms with Crippen LogP contribution in [-0.2, 0) is 27.1 Å². The molecule has 0 saturated heterocycles. The normalized spacial score (nSPS) is 24.1. The molecule has 2 aliphatic carbocycles. The average molecular weight is 507 g/mol. The molecule has 8 heteroatoms. The van der Waals surface area contributed by atoms with Gasteiger partial charge >= 0.3 is 12.1 Å². The summed E-state index contributed by atoms with van der Waals surface area (Å²) in [6.45, 7) is 7.76. The van der Waals surface area contributed by atoms with Crippen LogP contribution in [0.1, 0.15) is 64.5 Å². The maximum atomic E-state index is 12.3. The first-order chi connectivity index (χ1) is 17.0. The minimum Gasteiger partial charge on any atom is -0.482 e. The van der Waals surface area contributed by atoms with Crippen molar-refractivity contribution in [3.05, 3.63) is 29.3 Å². The number of benzene rings is 1. The number of hydrogen-bond donors (Lipinski definition) is 3. The van der Waals surface area contributed by atoms with Crippen molar-refractivity contribution in [3.8, 4) is 5.75 Å². The Bertz CT molecular complexity index is 896. The van der Waals surface area contributed by atoms with Crippen molar-refractivity contribution in [2.24, 2.45) is 29.1 Å². The molecule has 0 radical (unpaired) electrons. The fourth-order valence-corrected chi connectivity index (χ4v) is 6.40. The third-order valence-electron chi connectivity index (χ3n) is 7.84. The Balaban J connectivity index is 1.78. The third-order valence-corrected chi connectivity index (χ3v) is 7.84. The number of aliphatic hydroxyl groups excluding tert-OH is 2. The maximum Gasteiger partial charge on any atom is 0.508 e. The lowest BCUT2D eigenvalue weighted by Crippen LogP contribution is -2.34. The van der Waals surface area contributed by atoms with E-state index >= 15 is 0 Å². The van der Waals surface area contributed by atoms with Gasteiger partial charge in [-0.3, -0.25) is 0 Å². The van der Waals surface area contributed by atoms with E-state index in [1.165, 1.54) is 0 Å². The van der Waals surface area contributed by atoms with Crippen molar-refractivity contribution in [1.82, 2.24) is 0 Å². The second kappa shape index (κ2) is 12.3. The van der Waals surface area contributed by atoms with Gasteiger partial charge in [-0.25, -0.2) is 9.59 Å². The van der Waals surface area contributed by atoms with Gasteiger partial charge in [-0.2, -0.15) is 0 Å². The number of fused-ring (bicyclic) bond motifs is 2. The van der Waals surface area contributed by atoms with E-state index in [2.05, 4.69) is 33.8 Å². The fraction of sp³-hybridized carbons (Fsp3) is 0.714. The lowest BCUT2D eigenvalue weighted by atomic mass is 9.72. The summed E-state index contributed by atoms with van der Waals surface area (Å²) < 4.78 is 16.3. The van der Waals surface area contributed by atoms with E-state index in [-0.39, 0.29) is 49.1 Å². The van der Waals surface area contributed by atoms with E-state index in [1.807, 2.05) is 12.1 Å². The second-order valence-corrected chi connectivity index (χ2v) is 11.5. The Labute approximate surface area is 213 Å². The van der Waals surface area contributed by atoms with E-state index < -0.39 is 18.2 Å². The van der Waals surface area contributed by atoms with Gasteiger partial charge in [-0.1, -0.05) is 39.8 Å². The van der Waals surface area contributed by atoms with Crippen molar-refractivity contribution in [2.75, 3.05) is 19.8 Å². The number of carboxylic acids is 1. The number of carbonyl (C=O) groups is 2. The molecule has 3 N–H and O–H groups in total. The Morgan fingerprint density at radius 1 is 1.19 bits per heavy atom. The summed E-state index contributed by atoms with van der Waals surface area (Å²) in [7, 11) is 0. The monoisotopic (exact) mass is 506 g/mol. The molecule has 2 aliphatic rings. The van der Waals surface area contributed by atoms with Crippen LogP contribution in [0.3, 0.4) is 0 Å². The molecule has 0 amide bonds. The van der Waals surface area contributed by atoms with Crippen LogP contribution in [0, 0.1) is 29.1 Å². The highest BCUT2D eigenvalue weighted by Gasteiger charge is 2.48. The van der Waals surface area contributed by atoms with E-state index in [0.717, 1.165) is 36.8 Å². The topological polar surface area (TPSA) is 123 Å². The largest absolute Gasteiger partial charge is 0.508 e. The maximum absolute atomic E-state index is 12.3. The minimum atomic E-state index is -1.02. The van der Waals surface area contributed by atoms with E-state index in [9.17, 15) is 14.7 Å². The number of hydrogen-bond acceptors (Lipinski definition) is 7. The zero-order valence-electron chi connectivity index (χ0n) is 21.9. The first kappa shape index (κ1) is 28.3. The zero-order valence-corrected chi connectivity index (χ0v) is 21.9. The van der Waals surface area contributed by atoms with Gasteiger partial charge in [0.15, 0.2) is 6.61 Å². The highest BCUT2D eigenvalue weighted by molar-refractivity contribution is 5.68. The molecular weight excluding hydrogens is 464 g/mol. The molecule has 202 valence electrons. The van der Waals surface area contributed by atoms with Crippen LogP contribution in [0.2, 0.25) is 0 Å². The van der Waals surface area contributed by atoms with Crippen LogP contribution < -0.4 is 4.74 Å². The van der Waals surface area contributed by atoms with Gasteiger partial charge in [0.05, 0.1) is 12.7 Å². The average Bonchev–Trinajstić information content (AvgIpc) is 3.12. The number of aliphatic hydroxyl groups is 2. The Hall–Kier alpha value is -2.32. The first-order valence-corrected chi connectivity index (χ1v) is 13.1. The minimum absolute atomic E-state index is 0.0675. The van der Waals surface area contributed by atoms with Crippen LogP contribution in [-0.4, -0.2) is 59.5 Å². The standard InChI is InChI=1S/C28H42O8/c1-17(2)15-28(3,4)25(30)9-8-20-21-12-18-6-5-7-23(35-16-26(31)32)22(18)13-19(21)14-24(20)36-27(33)34-11-10-29/h5-7,17,19-21,24-25,29-30H,8-16H2,1-4H3,(H,31,32)/t19-,20+,21-,24+,25+/m0/s1. The van der Waals surface area contributed by atoms with E-state index in [0.29, 0.717) is 24.5 Å². The number of aliphatic carboxylic acids is 1. The van der Waals surface area contributed by atoms with Crippen LogP contribution in [0.25, 0.3) is 0 Å². The Morgan fingerprint density at radius 2 is 1.94 bits per heavy atom. The predicted molar refractivity (Wildman–Crippen MR) is 134 cm³/mol. The quantitative estimate of drug-likeness (QED) is 0.360. The number of carboxylic acid groups (broad SMARTS) is 1. The van der Waals surface area contributed by atoms with Crippen molar-refractivity contribution < 1.29 is 39.1 Å². The van der Waals surface area contributed by atoms with Crippen LogP contribution in [0.4, 0.5) is 4.79 Å². The predicted octanol–water partition coefficient (Wildman–Crippen LogP) is 4.23. The molecule has 1 saturated carbocycles. The number of rotatable bonds is 12. The summed E-state index contributed by atoms with van der Waals surface area (Å²) in [4.78, 5) is 23.3. The summed E-state index contributed by atoms with van der Waals surface area (Å²) in [5, 5.41) is 29.0. The molecule has 5 atom stereocenters. The molecule has 0 aliphatic heterocycles. The molecule has 8 nitrogen and oxygen atoms in total. The number of ether oxygens (including phenoxy) is 3. The first-order valence-electron chi connectivity index (χ1n) is 13.1. The van der Waals surface area contributed by atoms with Crippen molar-refractivity contribution >= 4 is 12.1 Å². The van der Waals surface area contributed by atoms with Gasteiger partial charge in [0.2, 0.25) is 0 Å². The van der Waals surface area contributed by atoms with Gasteiger partial charge in [-0.15, -0.1) is 0 Å². The molecule has 0 heterocycles. The van der Waals surface area contributed by atoms with Crippen molar-refractivity contribution in [1.29, 1.82) is 0 Å². The smallest absolute Gasteiger partial charge is 0.482 e. The highest BCUT2D eigenvalue weighted by Crippen LogP contribution is 2.50. The lowest BCUT2D eigenvalue weighted by molar-refractivity contribution is -0.139. The van der Waals surface area contributed by atoms with Crippen molar-refractivity contribution in [2.45, 2.75) is 78.4 Å². The summed E-state index contributed by atoms with van der Waals surface area (Å²) >= 11 is 0. The molecule has 1 fully saturated rings. The summed E-state index contributed by atoms with van der Waals surface area (Å²) in [5.74, 6) is 0.642. The Kier molecular flexibility index (Phi) is 9.64. The van der Waals surface area contributed by atoms with Gasteiger partial charge in [0, 0.05) is 0 Å².